The summed E-state index contributed by atoms with van der Waals surface area (Å²) in [5.41, 5.74) is 2.34. The molecule has 0 bridgehead atoms. The van der Waals surface area contributed by atoms with Crippen LogP contribution in [0.2, 0.25) is 0 Å². The third-order valence-electron chi connectivity index (χ3n) is 3.85. The molecule has 2 rings (SSSR count). The molecule has 0 saturated carbocycles. The molecule has 116 valence electrons. The highest BCUT2D eigenvalue weighted by molar-refractivity contribution is 5.83. The Morgan fingerprint density at radius 1 is 1.38 bits per heavy atom. The van der Waals surface area contributed by atoms with E-state index in [1.165, 1.54) is 18.4 Å². The number of aryl methyl sites for hydroxylation is 1. The Labute approximate surface area is 127 Å². The molecule has 4 heteroatoms. The van der Waals surface area contributed by atoms with E-state index in [2.05, 4.69) is 36.6 Å². The van der Waals surface area contributed by atoms with Crippen LogP contribution in [0.3, 0.4) is 0 Å². The Morgan fingerprint density at radius 2 is 2.24 bits per heavy atom. The summed E-state index contributed by atoms with van der Waals surface area (Å²) in [5.74, 6) is 1.08. The Balaban J connectivity index is 1.82. The summed E-state index contributed by atoms with van der Waals surface area (Å²) >= 11 is 0. The molecule has 0 aliphatic carbocycles. The van der Waals surface area contributed by atoms with Gasteiger partial charge in [0, 0.05) is 13.1 Å². The van der Waals surface area contributed by atoms with Gasteiger partial charge in [-0.2, -0.15) is 0 Å². The summed E-state index contributed by atoms with van der Waals surface area (Å²) in [6, 6.07) is 6.19. The van der Waals surface area contributed by atoms with Crippen molar-refractivity contribution in [3.8, 4) is 5.75 Å². The van der Waals surface area contributed by atoms with Crippen LogP contribution in [-0.2, 0) is 11.3 Å². The Hall–Kier alpha value is -1.55. The minimum atomic E-state index is -0.0460. The van der Waals surface area contributed by atoms with Gasteiger partial charge in [-0.3, -0.25) is 4.79 Å². The molecule has 2 N–H and O–H groups in total. The van der Waals surface area contributed by atoms with E-state index in [1.54, 1.807) is 0 Å². The fourth-order valence-electron chi connectivity index (χ4n) is 2.55. The SMILES string of the molecule is CCCCCOc1ccc(CNC2CCNC2=O)cc1C. The predicted octanol–water partition coefficient (Wildman–Crippen LogP) is 2.54. The lowest BCUT2D eigenvalue weighted by molar-refractivity contribution is -0.120. The van der Waals surface area contributed by atoms with Crippen LogP contribution < -0.4 is 15.4 Å². The number of nitrogens with one attached hydrogen (secondary N) is 2. The molecule has 1 amide bonds. The van der Waals surface area contributed by atoms with E-state index < -0.39 is 0 Å². The number of carbonyl (C=O) groups is 1. The lowest BCUT2D eigenvalue weighted by atomic mass is 10.1. The van der Waals surface area contributed by atoms with Crippen molar-refractivity contribution in [1.29, 1.82) is 0 Å². The molecule has 1 heterocycles. The maximum atomic E-state index is 11.5. The molecule has 1 unspecified atom stereocenters. The summed E-state index contributed by atoms with van der Waals surface area (Å²) < 4.78 is 5.80. The average molecular weight is 290 g/mol. The summed E-state index contributed by atoms with van der Waals surface area (Å²) in [6.45, 7) is 6.54. The zero-order valence-electron chi connectivity index (χ0n) is 13.1. The molecule has 1 aliphatic heterocycles. The number of hydrogen-bond donors (Lipinski definition) is 2. The first-order valence-electron chi connectivity index (χ1n) is 7.94. The van der Waals surface area contributed by atoms with Crippen LogP contribution in [0.5, 0.6) is 5.75 Å². The van der Waals surface area contributed by atoms with Gasteiger partial charge in [-0.05, 0) is 37.0 Å². The summed E-state index contributed by atoms with van der Waals surface area (Å²) in [6.07, 6.45) is 4.40. The molecule has 1 saturated heterocycles. The second-order valence-electron chi connectivity index (χ2n) is 5.67. The quantitative estimate of drug-likeness (QED) is 0.723. The van der Waals surface area contributed by atoms with Gasteiger partial charge in [-0.15, -0.1) is 0 Å². The largest absolute Gasteiger partial charge is 0.493 e. The topological polar surface area (TPSA) is 50.4 Å². The van der Waals surface area contributed by atoms with Crippen LogP contribution in [0.4, 0.5) is 0 Å². The van der Waals surface area contributed by atoms with Crippen molar-refractivity contribution in [3.63, 3.8) is 0 Å². The fourth-order valence-corrected chi connectivity index (χ4v) is 2.55. The first kappa shape index (κ1) is 15.8. The van der Waals surface area contributed by atoms with Gasteiger partial charge in [0.2, 0.25) is 5.91 Å². The van der Waals surface area contributed by atoms with Gasteiger partial charge in [0.05, 0.1) is 12.6 Å². The molecule has 1 aromatic carbocycles. The van der Waals surface area contributed by atoms with Gasteiger partial charge in [0.25, 0.3) is 0 Å². The van der Waals surface area contributed by atoms with Gasteiger partial charge >= 0.3 is 0 Å². The Morgan fingerprint density at radius 3 is 2.90 bits per heavy atom. The highest BCUT2D eigenvalue weighted by Gasteiger charge is 2.22. The van der Waals surface area contributed by atoms with Crippen LogP contribution >= 0.6 is 0 Å². The van der Waals surface area contributed by atoms with Gasteiger partial charge in [-0.1, -0.05) is 31.9 Å². The lowest BCUT2D eigenvalue weighted by Crippen LogP contribution is -2.35. The van der Waals surface area contributed by atoms with Crippen molar-refractivity contribution in [2.45, 2.75) is 52.1 Å². The minimum Gasteiger partial charge on any atom is -0.493 e. The second kappa shape index (κ2) is 8.03. The molecule has 1 atom stereocenters. The van der Waals surface area contributed by atoms with E-state index in [0.717, 1.165) is 43.9 Å². The monoisotopic (exact) mass is 290 g/mol. The first-order chi connectivity index (χ1) is 10.2. The van der Waals surface area contributed by atoms with Gasteiger partial charge < -0.3 is 15.4 Å². The zero-order chi connectivity index (χ0) is 15.1. The maximum Gasteiger partial charge on any atom is 0.237 e. The van der Waals surface area contributed by atoms with Gasteiger partial charge in [0.1, 0.15) is 5.75 Å². The minimum absolute atomic E-state index is 0.0460. The van der Waals surface area contributed by atoms with E-state index >= 15 is 0 Å². The Kier molecular flexibility index (Phi) is 6.05. The fraction of sp³-hybridized carbons (Fsp3) is 0.588. The third kappa shape index (κ3) is 4.74. The van der Waals surface area contributed by atoms with Crippen molar-refractivity contribution in [2.75, 3.05) is 13.2 Å². The summed E-state index contributed by atoms with van der Waals surface area (Å²) in [7, 11) is 0. The molecule has 1 fully saturated rings. The normalized spacial score (nSPS) is 17.8. The van der Waals surface area contributed by atoms with Crippen molar-refractivity contribution in [1.82, 2.24) is 10.6 Å². The average Bonchev–Trinajstić information content (AvgIpc) is 2.88. The van der Waals surface area contributed by atoms with Crippen LogP contribution in [0.1, 0.15) is 43.7 Å². The van der Waals surface area contributed by atoms with E-state index in [-0.39, 0.29) is 11.9 Å². The zero-order valence-corrected chi connectivity index (χ0v) is 13.1. The van der Waals surface area contributed by atoms with Crippen LogP contribution in [0.25, 0.3) is 0 Å². The lowest BCUT2D eigenvalue weighted by Gasteiger charge is -2.13. The third-order valence-corrected chi connectivity index (χ3v) is 3.85. The highest BCUT2D eigenvalue weighted by atomic mass is 16.5. The maximum absolute atomic E-state index is 11.5. The molecule has 4 nitrogen and oxygen atoms in total. The summed E-state index contributed by atoms with van der Waals surface area (Å²) in [4.78, 5) is 11.5. The number of benzene rings is 1. The van der Waals surface area contributed by atoms with Crippen molar-refractivity contribution >= 4 is 5.91 Å². The molecular formula is C17H26N2O2. The molecule has 21 heavy (non-hydrogen) atoms. The highest BCUT2D eigenvalue weighted by Crippen LogP contribution is 2.19. The van der Waals surface area contributed by atoms with Crippen molar-refractivity contribution in [3.05, 3.63) is 29.3 Å². The number of carbonyl (C=O) groups excluding carboxylic acids is 1. The van der Waals surface area contributed by atoms with E-state index in [0.29, 0.717) is 0 Å². The molecule has 0 spiro atoms. The van der Waals surface area contributed by atoms with Crippen molar-refractivity contribution in [2.24, 2.45) is 0 Å². The number of hydrogen-bond acceptors (Lipinski definition) is 3. The smallest absolute Gasteiger partial charge is 0.237 e. The van der Waals surface area contributed by atoms with Crippen LogP contribution in [-0.4, -0.2) is 25.1 Å². The van der Waals surface area contributed by atoms with Crippen molar-refractivity contribution < 1.29 is 9.53 Å². The van der Waals surface area contributed by atoms with Gasteiger partial charge in [-0.25, -0.2) is 0 Å². The van der Waals surface area contributed by atoms with Crippen LogP contribution in [0.15, 0.2) is 18.2 Å². The second-order valence-corrected chi connectivity index (χ2v) is 5.67. The number of amides is 1. The standard InChI is InChI=1S/C17H26N2O2/c1-3-4-5-10-21-16-7-6-14(11-13(16)2)12-19-15-8-9-18-17(15)20/h6-7,11,15,19H,3-5,8-10,12H2,1-2H3,(H,18,20). The van der Waals surface area contributed by atoms with E-state index in [4.69, 9.17) is 4.74 Å². The number of ether oxygens (including phenoxy) is 1. The Bertz CT molecular complexity index is 474. The van der Waals surface area contributed by atoms with Crippen LogP contribution in [0, 0.1) is 6.92 Å². The van der Waals surface area contributed by atoms with Gasteiger partial charge in [0.15, 0.2) is 0 Å². The number of rotatable bonds is 8. The predicted molar refractivity (Wildman–Crippen MR) is 84.5 cm³/mol. The first-order valence-corrected chi connectivity index (χ1v) is 7.94. The van der Waals surface area contributed by atoms with E-state index in [9.17, 15) is 4.79 Å². The molecular weight excluding hydrogens is 264 g/mol. The van der Waals surface area contributed by atoms with E-state index in [1.807, 2.05) is 6.07 Å². The molecule has 1 aromatic rings. The molecule has 0 radical (unpaired) electrons. The summed E-state index contributed by atoms with van der Waals surface area (Å²) in [5, 5.41) is 6.14. The number of unbranched alkanes of at least 4 members (excludes halogenated alkanes) is 2. The molecule has 1 aliphatic rings. The molecule has 0 aromatic heterocycles.